The highest BCUT2D eigenvalue weighted by molar-refractivity contribution is 5.41. The Morgan fingerprint density at radius 1 is 1.44 bits per heavy atom. The molecule has 0 saturated carbocycles. The molecule has 0 bridgehead atoms. The van der Waals surface area contributed by atoms with Gasteiger partial charge in [0.05, 0.1) is 5.69 Å². The number of hydrogen-bond acceptors (Lipinski definition) is 3. The smallest absolute Gasteiger partial charge is 0.214 e. The number of pyridine rings is 1. The second kappa shape index (κ2) is 4.74. The molecule has 2 aromatic heterocycles. The molecular weight excluding hydrogens is 207 g/mol. The Labute approximate surface area is 93.1 Å². The summed E-state index contributed by atoms with van der Waals surface area (Å²) < 4.78 is 14.5. The summed E-state index contributed by atoms with van der Waals surface area (Å²) in [6.07, 6.45) is 4.16. The lowest BCUT2D eigenvalue weighted by molar-refractivity contribution is 0.584. The van der Waals surface area contributed by atoms with Crippen LogP contribution in [0.2, 0.25) is 0 Å². The average Bonchev–Trinajstić information content (AvgIpc) is 2.64. The maximum atomic E-state index is 12.8. The fourth-order valence-electron chi connectivity index (χ4n) is 1.44. The molecule has 2 rings (SSSR count). The first-order valence-electron chi connectivity index (χ1n) is 5.08. The standard InChI is InChI=1S/C11H13FN4/c1-16-7-4-9(15-16)2-5-13-10-3-6-14-11(12)8-10/h3-4,6-8H,2,5H2,1H3,(H,13,14). The molecule has 5 heteroatoms. The number of rotatable bonds is 4. The summed E-state index contributed by atoms with van der Waals surface area (Å²) in [5.74, 6) is -0.470. The molecule has 0 aliphatic rings. The molecule has 0 aliphatic heterocycles. The number of nitrogens with one attached hydrogen (secondary N) is 1. The Hall–Kier alpha value is -1.91. The minimum atomic E-state index is -0.470. The Balaban J connectivity index is 1.84. The third-order valence-electron chi connectivity index (χ3n) is 2.21. The Morgan fingerprint density at radius 2 is 2.31 bits per heavy atom. The monoisotopic (exact) mass is 220 g/mol. The summed E-state index contributed by atoms with van der Waals surface area (Å²) in [4.78, 5) is 3.49. The average molecular weight is 220 g/mol. The molecule has 4 nitrogen and oxygen atoms in total. The van der Waals surface area contributed by atoms with Gasteiger partial charge in [-0.2, -0.15) is 9.49 Å². The van der Waals surface area contributed by atoms with Gasteiger partial charge in [-0.3, -0.25) is 4.68 Å². The lowest BCUT2D eigenvalue weighted by Gasteiger charge is -2.04. The molecule has 16 heavy (non-hydrogen) atoms. The number of aromatic nitrogens is 3. The fourth-order valence-corrected chi connectivity index (χ4v) is 1.44. The number of nitrogens with zero attached hydrogens (tertiary/aromatic N) is 3. The summed E-state index contributed by atoms with van der Waals surface area (Å²) >= 11 is 0. The Bertz CT molecular complexity index is 467. The second-order valence-corrected chi connectivity index (χ2v) is 3.52. The molecule has 0 fully saturated rings. The zero-order valence-electron chi connectivity index (χ0n) is 9.02. The molecule has 0 saturated heterocycles. The molecule has 0 amide bonds. The molecule has 0 radical (unpaired) electrons. The number of hydrogen-bond donors (Lipinski definition) is 1. The highest BCUT2D eigenvalue weighted by Crippen LogP contribution is 2.06. The van der Waals surface area contributed by atoms with Crippen LogP contribution in [0.4, 0.5) is 10.1 Å². The normalized spacial score (nSPS) is 10.4. The van der Waals surface area contributed by atoms with Gasteiger partial charge < -0.3 is 5.32 Å². The van der Waals surface area contributed by atoms with Crippen LogP contribution in [0.1, 0.15) is 5.69 Å². The van der Waals surface area contributed by atoms with Gasteiger partial charge in [0.15, 0.2) is 0 Å². The minimum Gasteiger partial charge on any atom is -0.384 e. The zero-order valence-corrected chi connectivity index (χ0v) is 9.02. The summed E-state index contributed by atoms with van der Waals surface area (Å²) in [7, 11) is 1.88. The first kappa shape index (κ1) is 10.6. The molecule has 2 heterocycles. The van der Waals surface area contributed by atoms with Crippen LogP contribution in [-0.2, 0) is 13.5 Å². The maximum absolute atomic E-state index is 12.8. The van der Waals surface area contributed by atoms with Crippen molar-refractivity contribution < 1.29 is 4.39 Å². The van der Waals surface area contributed by atoms with Gasteiger partial charge >= 0.3 is 0 Å². The van der Waals surface area contributed by atoms with E-state index in [9.17, 15) is 4.39 Å². The third-order valence-corrected chi connectivity index (χ3v) is 2.21. The van der Waals surface area contributed by atoms with Gasteiger partial charge in [-0.05, 0) is 12.1 Å². The van der Waals surface area contributed by atoms with Gasteiger partial charge in [0.1, 0.15) is 0 Å². The van der Waals surface area contributed by atoms with Crippen molar-refractivity contribution in [1.82, 2.24) is 14.8 Å². The number of halogens is 1. The highest BCUT2D eigenvalue weighted by atomic mass is 19.1. The van der Waals surface area contributed by atoms with Gasteiger partial charge in [-0.15, -0.1) is 0 Å². The third kappa shape index (κ3) is 2.79. The van der Waals surface area contributed by atoms with E-state index in [1.54, 1.807) is 10.7 Å². The predicted octanol–water partition coefficient (Wildman–Crippen LogP) is 1.61. The van der Waals surface area contributed by atoms with E-state index in [1.807, 2.05) is 19.3 Å². The molecule has 0 aromatic carbocycles. The lowest BCUT2D eigenvalue weighted by atomic mass is 10.3. The van der Waals surface area contributed by atoms with Crippen molar-refractivity contribution in [3.63, 3.8) is 0 Å². The second-order valence-electron chi connectivity index (χ2n) is 3.52. The maximum Gasteiger partial charge on any atom is 0.214 e. The van der Waals surface area contributed by atoms with E-state index in [0.717, 1.165) is 24.3 Å². The van der Waals surface area contributed by atoms with Gasteiger partial charge in [-0.25, -0.2) is 4.98 Å². The first-order valence-corrected chi connectivity index (χ1v) is 5.08. The van der Waals surface area contributed by atoms with Crippen LogP contribution in [0.5, 0.6) is 0 Å². The van der Waals surface area contributed by atoms with Crippen LogP contribution < -0.4 is 5.32 Å². The van der Waals surface area contributed by atoms with Crippen molar-refractivity contribution in [1.29, 1.82) is 0 Å². The lowest BCUT2D eigenvalue weighted by Crippen LogP contribution is -2.06. The molecule has 0 aliphatic carbocycles. The SMILES string of the molecule is Cn1ccc(CCNc2ccnc(F)c2)n1. The van der Waals surface area contributed by atoms with Crippen molar-refractivity contribution in [2.24, 2.45) is 7.05 Å². The molecule has 1 N–H and O–H groups in total. The van der Waals surface area contributed by atoms with Crippen molar-refractivity contribution >= 4 is 5.69 Å². The molecule has 0 atom stereocenters. The summed E-state index contributed by atoms with van der Waals surface area (Å²) in [6, 6.07) is 5.08. The first-order chi connectivity index (χ1) is 7.74. The van der Waals surface area contributed by atoms with Gasteiger partial charge in [0.25, 0.3) is 0 Å². The van der Waals surface area contributed by atoms with Crippen molar-refractivity contribution in [3.05, 3.63) is 42.2 Å². The topological polar surface area (TPSA) is 42.7 Å². The zero-order chi connectivity index (χ0) is 11.4. The van der Waals surface area contributed by atoms with Crippen LogP contribution in [-0.4, -0.2) is 21.3 Å². The summed E-state index contributed by atoms with van der Waals surface area (Å²) in [5.41, 5.74) is 1.76. The molecule has 84 valence electrons. The Kier molecular flexibility index (Phi) is 3.14. The fraction of sp³-hybridized carbons (Fsp3) is 0.273. The molecular formula is C11H13FN4. The quantitative estimate of drug-likeness (QED) is 0.796. The van der Waals surface area contributed by atoms with Gasteiger partial charge in [-0.1, -0.05) is 0 Å². The molecule has 0 spiro atoms. The van der Waals surface area contributed by atoms with E-state index in [4.69, 9.17) is 0 Å². The van der Waals surface area contributed by atoms with Crippen molar-refractivity contribution in [2.45, 2.75) is 6.42 Å². The van der Waals surface area contributed by atoms with Crippen LogP contribution in [0.15, 0.2) is 30.6 Å². The number of anilines is 1. The summed E-state index contributed by atoms with van der Waals surface area (Å²) in [5, 5.41) is 7.36. The molecule has 2 aromatic rings. The van der Waals surface area contributed by atoms with E-state index < -0.39 is 5.95 Å². The van der Waals surface area contributed by atoms with Crippen LogP contribution in [0, 0.1) is 5.95 Å². The number of aryl methyl sites for hydroxylation is 1. The van der Waals surface area contributed by atoms with E-state index >= 15 is 0 Å². The minimum absolute atomic E-state index is 0.470. The van der Waals surface area contributed by atoms with Crippen molar-refractivity contribution in [2.75, 3.05) is 11.9 Å². The largest absolute Gasteiger partial charge is 0.384 e. The van der Waals surface area contributed by atoms with Crippen LogP contribution >= 0.6 is 0 Å². The Morgan fingerprint density at radius 3 is 3.00 bits per heavy atom. The van der Waals surface area contributed by atoms with E-state index in [1.165, 1.54) is 12.3 Å². The molecule has 0 unspecified atom stereocenters. The van der Waals surface area contributed by atoms with Gasteiger partial charge in [0, 0.05) is 44.2 Å². The van der Waals surface area contributed by atoms with E-state index in [0.29, 0.717) is 0 Å². The highest BCUT2D eigenvalue weighted by Gasteiger charge is 1.98. The van der Waals surface area contributed by atoms with E-state index in [2.05, 4.69) is 15.4 Å². The van der Waals surface area contributed by atoms with E-state index in [-0.39, 0.29) is 0 Å². The predicted molar refractivity (Wildman–Crippen MR) is 59.6 cm³/mol. The van der Waals surface area contributed by atoms with Crippen molar-refractivity contribution in [3.8, 4) is 0 Å². The summed E-state index contributed by atoms with van der Waals surface area (Å²) in [6.45, 7) is 0.723. The van der Waals surface area contributed by atoms with Crippen LogP contribution in [0.3, 0.4) is 0 Å². The van der Waals surface area contributed by atoms with Gasteiger partial charge in [0.2, 0.25) is 5.95 Å². The van der Waals surface area contributed by atoms with Crippen LogP contribution in [0.25, 0.3) is 0 Å².